The van der Waals surface area contributed by atoms with Gasteiger partial charge in [0, 0.05) is 17.7 Å². The monoisotopic (exact) mass is 394 g/mol. The van der Waals surface area contributed by atoms with Crippen molar-refractivity contribution in [3.63, 3.8) is 0 Å². The van der Waals surface area contributed by atoms with Crippen molar-refractivity contribution in [1.29, 1.82) is 0 Å². The lowest BCUT2D eigenvalue weighted by molar-refractivity contribution is 0.0514. The highest BCUT2D eigenvalue weighted by Gasteiger charge is 2.26. The van der Waals surface area contributed by atoms with E-state index in [-0.39, 0.29) is 34.7 Å². The van der Waals surface area contributed by atoms with Gasteiger partial charge in [-0.25, -0.2) is 17.9 Å². The molecule has 0 unspecified atom stereocenters. The summed E-state index contributed by atoms with van der Waals surface area (Å²) in [5, 5.41) is 3.68. The van der Waals surface area contributed by atoms with E-state index >= 15 is 0 Å². The highest BCUT2D eigenvalue weighted by molar-refractivity contribution is 7.89. The smallest absolute Gasteiger partial charge is 0.360 e. The first-order chi connectivity index (χ1) is 12.9. The summed E-state index contributed by atoms with van der Waals surface area (Å²) in [5.41, 5.74) is 0.488. The highest BCUT2D eigenvalue weighted by atomic mass is 32.2. The zero-order valence-corrected chi connectivity index (χ0v) is 16.0. The molecular formula is C18H22N2O6S. The summed E-state index contributed by atoms with van der Waals surface area (Å²) in [5.74, 6) is -0.107. The summed E-state index contributed by atoms with van der Waals surface area (Å²) in [6.45, 7) is 1.91. The third kappa shape index (κ3) is 4.30. The molecule has 2 aromatic rings. The normalized spacial score (nSPS) is 15.0. The number of esters is 1. The van der Waals surface area contributed by atoms with Crippen molar-refractivity contribution in [2.24, 2.45) is 0 Å². The van der Waals surface area contributed by atoms with Crippen molar-refractivity contribution in [1.82, 2.24) is 9.88 Å². The summed E-state index contributed by atoms with van der Waals surface area (Å²) in [4.78, 5) is 11.8. The Bertz CT molecular complexity index is 916. The van der Waals surface area contributed by atoms with E-state index in [0.717, 1.165) is 25.7 Å². The predicted octanol–water partition coefficient (Wildman–Crippen LogP) is 2.75. The number of carbonyl (C=O) groups excluding carboxylic acids is 1. The van der Waals surface area contributed by atoms with Crippen LogP contribution in [0.2, 0.25) is 0 Å². The third-order valence-electron chi connectivity index (χ3n) is 4.41. The van der Waals surface area contributed by atoms with Gasteiger partial charge < -0.3 is 14.0 Å². The van der Waals surface area contributed by atoms with Crippen molar-refractivity contribution >= 4 is 16.0 Å². The molecule has 0 saturated heterocycles. The summed E-state index contributed by atoms with van der Waals surface area (Å²) >= 11 is 0. The van der Waals surface area contributed by atoms with Gasteiger partial charge in [0.1, 0.15) is 10.6 Å². The minimum absolute atomic E-state index is 0.0171. The second kappa shape index (κ2) is 8.10. The number of hydrogen-bond acceptors (Lipinski definition) is 7. The van der Waals surface area contributed by atoms with Gasteiger partial charge in [0.2, 0.25) is 10.0 Å². The van der Waals surface area contributed by atoms with Crippen molar-refractivity contribution < 1.29 is 27.2 Å². The Balaban J connectivity index is 1.92. The Hall–Kier alpha value is -2.39. The van der Waals surface area contributed by atoms with Crippen LogP contribution in [-0.2, 0) is 14.8 Å². The van der Waals surface area contributed by atoms with Crippen LogP contribution in [0, 0.1) is 0 Å². The van der Waals surface area contributed by atoms with E-state index in [0.29, 0.717) is 5.56 Å². The maximum absolute atomic E-state index is 12.8. The number of sulfonamides is 1. The van der Waals surface area contributed by atoms with E-state index in [9.17, 15) is 13.2 Å². The van der Waals surface area contributed by atoms with Crippen LogP contribution in [0.15, 0.2) is 33.7 Å². The van der Waals surface area contributed by atoms with Crippen LogP contribution in [0.25, 0.3) is 11.3 Å². The lowest BCUT2D eigenvalue weighted by atomic mass is 10.1. The van der Waals surface area contributed by atoms with Crippen molar-refractivity contribution in [2.45, 2.75) is 43.5 Å². The Kier molecular flexibility index (Phi) is 5.81. The number of carbonyl (C=O) groups is 1. The quantitative estimate of drug-likeness (QED) is 0.719. The maximum atomic E-state index is 12.8. The topological polar surface area (TPSA) is 108 Å². The van der Waals surface area contributed by atoms with Gasteiger partial charge in [-0.15, -0.1) is 0 Å². The zero-order valence-electron chi connectivity index (χ0n) is 15.2. The molecule has 146 valence electrons. The van der Waals surface area contributed by atoms with Crippen LogP contribution in [0.4, 0.5) is 0 Å². The average Bonchev–Trinajstić information content (AvgIpc) is 3.33. The van der Waals surface area contributed by atoms with Crippen molar-refractivity contribution in [3.8, 4) is 17.1 Å². The molecule has 0 aliphatic heterocycles. The van der Waals surface area contributed by atoms with Crippen LogP contribution in [0.1, 0.15) is 43.1 Å². The Labute approximate surface area is 157 Å². The molecule has 1 heterocycles. The molecular weight excluding hydrogens is 372 g/mol. The van der Waals surface area contributed by atoms with Gasteiger partial charge in [0.15, 0.2) is 11.5 Å². The molecule has 1 saturated carbocycles. The molecule has 1 aromatic heterocycles. The van der Waals surface area contributed by atoms with Gasteiger partial charge in [-0.05, 0) is 38.0 Å². The van der Waals surface area contributed by atoms with Crippen LogP contribution < -0.4 is 9.46 Å². The van der Waals surface area contributed by atoms with Gasteiger partial charge in [-0.2, -0.15) is 0 Å². The molecule has 1 aliphatic carbocycles. The SMILES string of the molecule is CCOC(=O)c1cc(-c2ccc(OC)c(S(=O)(=O)NC3CCCC3)c2)on1. The van der Waals surface area contributed by atoms with Gasteiger partial charge in [-0.1, -0.05) is 18.0 Å². The lowest BCUT2D eigenvalue weighted by Gasteiger charge is -2.15. The highest BCUT2D eigenvalue weighted by Crippen LogP contribution is 2.31. The van der Waals surface area contributed by atoms with Crippen molar-refractivity contribution in [2.75, 3.05) is 13.7 Å². The van der Waals surface area contributed by atoms with Crippen molar-refractivity contribution in [3.05, 3.63) is 30.0 Å². The molecule has 0 spiro atoms. The van der Waals surface area contributed by atoms with E-state index in [2.05, 4.69) is 9.88 Å². The molecule has 1 aliphatic rings. The van der Waals surface area contributed by atoms with Crippen LogP contribution >= 0.6 is 0 Å². The number of methoxy groups -OCH3 is 1. The standard InChI is InChI=1S/C18H22N2O6S/c1-3-25-18(21)14-11-16(26-19-14)12-8-9-15(24-2)17(10-12)27(22,23)20-13-6-4-5-7-13/h8-11,13,20H,3-7H2,1-2H3. The number of benzene rings is 1. The summed E-state index contributed by atoms with van der Waals surface area (Å²) in [7, 11) is -2.35. The lowest BCUT2D eigenvalue weighted by Crippen LogP contribution is -2.32. The molecule has 27 heavy (non-hydrogen) atoms. The summed E-state index contributed by atoms with van der Waals surface area (Å²) in [6, 6.07) is 5.99. The Morgan fingerprint density at radius 1 is 1.30 bits per heavy atom. The van der Waals surface area contributed by atoms with Gasteiger partial charge in [-0.3, -0.25) is 0 Å². The molecule has 0 bridgehead atoms. The molecule has 1 aromatic carbocycles. The molecule has 3 rings (SSSR count). The van der Waals surface area contributed by atoms with Crippen LogP contribution in [0.3, 0.4) is 0 Å². The predicted molar refractivity (Wildman–Crippen MR) is 97.0 cm³/mol. The van der Waals surface area contributed by atoms with Crippen LogP contribution in [-0.4, -0.2) is 39.3 Å². The first-order valence-corrected chi connectivity index (χ1v) is 10.3. The van der Waals surface area contributed by atoms with E-state index in [1.165, 1.54) is 19.2 Å². The minimum atomic E-state index is -3.76. The summed E-state index contributed by atoms with van der Waals surface area (Å²) < 4.78 is 43.7. The van der Waals surface area contributed by atoms with Crippen LogP contribution in [0.5, 0.6) is 5.75 Å². The van der Waals surface area contributed by atoms with Gasteiger partial charge in [0.05, 0.1) is 13.7 Å². The van der Waals surface area contributed by atoms with E-state index in [1.54, 1.807) is 19.1 Å². The number of nitrogens with zero attached hydrogens (tertiary/aromatic N) is 1. The molecule has 0 amide bonds. The van der Waals surface area contributed by atoms with E-state index in [4.69, 9.17) is 14.0 Å². The maximum Gasteiger partial charge on any atom is 0.360 e. The third-order valence-corrected chi connectivity index (χ3v) is 5.95. The number of aromatic nitrogens is 1. The number of nitrogens with one attached hydrogen (secondary N) is 1. The molecule has 0 radical (unpaired) electrons. The fourth-order valence-electron chi connectivity index (χ4n) is 3.08. The van der Waals surface area contributed by atoms with Gasteiger partial charge in [0.25, 0.3) is 0 Å². The Morgan fingerprint density at radius 2 is 2.04 bits per heavy atom. The Morgan fingerprint density at radius 3 is 2.70 bits per heavy atom. The fourth-order valence-corrected chi connectivity index (χ4v) is 4.58. The number of rotatable bonds is 7. The second-order valence-corrected chi connectivity index (χ2v) is 7.95. The largest absolute Gasteiger partial charge is 0.495 e. The number of ether oxygens (including phenoxy) is 2. The zero-order chi connectivity index (χ0) is 19.4. The minimum Gasteiger partial charge on any atom is -0.495 e. The average molecular weight is 394 g/mol. The second-order valence-electron chi connectivity index (χ2n) is 6.27. The van der Waals surface area contributed by atoms with Gasteiger partial charge >= 0.3 is 5.97 Å². The summed E-state index contributed by atoms with van der Waals surface area (Å²) in [6.07, 6.45) is 3.68. The van der Waals surface area contributed by atoms with E-state index < -0.39 is 16.0 Å². The number of hydrogen-bond donors (Lipinski definition) is 1. The molecule has 1 N–H and O–H groups in total. The fraction of sp³-hybridized carbons (Fsp3) is 0.444. The first kappa shape index (κ1) is 19.4. The first-order valence-electron chi connectivity index (χ1n) is 8.79. The molecule has 0 atom stereocenters. The molecule has 1 fully saturated rings. The molecule has 8 nitrogen and oxygen atoms in total. The van der Waals surface area contributed by atoms with E-state index in [1.807, 2.05) is 0 Å². The molecule has 9 heteroatoms.